The number of rotatable bonds is 3. The van der Waals surface area contributed by atoms with Crippen LogP contribution in [0.3, 0.4) is 0 Å². The van der Waals surface area contributed by atoms with E-state index in [-0.39, 0.29) is 5.92 Å². The second-order valence-electron chi connectivity index (χ2n) is 7.09. The third-order valence-corrected chi connectivity index (χ3v) is 5.56. The fourth-order valence-electron chi connectivity index (χ4n) is 4.24. The third-order valence-electron chi connectivity index (χ3n) is 5.56. The Kier molecular flexibility index (Phi) is 4.46. The van der Waals surface area contributed by atoms with Gasteiger partial charge in [0.2, 0.25) is 0 Å². The molecule has 3 rings (SSSR count). The largest absolute Gasteiger partial charge is 0.469 e. The van der Waals surface area contributed by atoms with E-state index in [9.17, 15) is 9.59 Å². The fourth-order valence-corrected chi connectivity index (χ4v) is 4.24. The van der Waals surface area contributed by atoms with Crippen molar-refractivity contribution in [3.8, 4) is 0 Å². The first-order chi connectivity index (χ1) is 12.2. The molecule has 0 saturated heterocycles. The van der Waals surface area contributed by atoms with E-state index >= 15 is 0 Å². The number of hydrogen-bond donors (Lipinski definition) is 0. The van der Waals surface area contributed by atoms with Crippen LogP contribution in [0.15, 0.2) is 27.0 Å². The van der Waals surface area contributed by atoms with Gasteiger partial charge in [0.25, 0.3) is 0 Å². The highest BCUT2D eigenvalue weighted by Crippen LogP contribution is 2.55. The number of carbonyl (C=O) groups excluding carboxylic acids is 2. The highest BCUT2D eigenvalue weighted by atomic mass is 16.5. The molecule has 6 nitrogen and oxygen atoms in total. The predicted octanol–water partition coefficient (Wildman–Crippen LogP) is 3.49. The summed E-state index contributed by atoms with van der Waals surface area (Å²) in [4.78, 5) is 25.5. The number of ether oxygens (including phenoxy) is 2. The molecule has 0 bridgehead atoms. The summed E-state index contributed by atoms with van der Waals surface area (Å²) in [6.07, 6.45) is 0. The van der Waals surface area contributed by atoms with Crippen LogP contribution in [0.4, 0.5) is 0 Å². The van der Waals surface area contributed by atoms with Crippen LogP contribution in [0, 0.1) is 25.7 Å². The molecule has 2 heterocycles. The summed E-state index contributed by atoms with van der Waals surface area (Å²) in [6.45, 7) is 7.44. The van der Waals surface area contributed by atoms with Crippen LogP contribution >= 0.6 is 0 Å². The number of furan rings is 2. The van der Waals surface area contributed by atoms with Gasteiger partial charge < -0.3 is 18.3 Å². The molecule has 0 aliphatic heterocycles. The molecule has 1 aliphatic rings. The quantitative estimate of drug-likeness (QED) is 0.780. The minimum atomic E-state index is -0.917. The third kappa shape index (κ3) is 2.47. The minimum absolute atomic E-state index is 0.334. The van der Waals surface area contributed by atoms with E-state index in [0.717, 1.165) is 11.3 Å². The highest BCUT2D eigenvalue weighted by Gasteiger charge is 2.59. The lowest BCUT2D eigenvalue weighted by atomic mass is 9.57. The summed E-state index contributed by atoms with van der Waals surface area (Å²) in [6, 6.07) is 5.58. The summed E-state index contributed by atoms with van der Waals surface area (Å²) in [5, 5.41) is 0. The van der Waals surface area contributed by atoms with Crippen LogP contribution in [-0.2, 0) is 24.5 Å². The maximum absolute atomic E-state index is 12.9. The Morgan fingerprint density at radius 3 is 2.23 bits per heavy atom. The number of carbonyl (C=O) groups is 2. The van der Waals surface area contributed by atoms with Gasteiger partial charge in [-0.05, 0) is 39.0 Å². The van der Waals surface area contributed by atoms with Gasteiger partial charge in [0.1, 0.15) is 23.0 Å². The Bertz CT molecular complexity index is 844. The SMILES string of the molecule is COC(=O)C1C(C)c2oc(C)cc2C(C)(c2ccc(C)o2)C1C(=O)OC. The summed E-state index contributed by atoms with van der Waals surface area (Å²) in [7, 11) is 2.64. The van der Waals surface area contributed by atoms with Gasteiger partial charge in [-0.3, -0.25) is 9.59 Å². The summed E-state index contributed by atoms with van der Waals surface area (Å²) < 4.78 is 22.0. The molecule has 0 amide bonds. The van der Waals surface area contributed by atoms with Crippen molar-refractivity contribution in [2.45, 2.75) is 39.0 Å². The molecule has 2 aromatic rings. The van der Waals surface area contributed by atoms with E-state index in [4.69, 9.17) is 18.3 Å². The molecule has 0 spiro atoms. The Morgan fingerprint density at radius 2 is 1.69 bits per heavy atom. The number of hydrogen-bond acceptors (Lipinski definition) is 6. The van der Waals surface area contributed by atoms with Crippen molar-refractivity contribution < 1.29 is 27.9 Å². The van der Waals surface area contributed by atoms with Gasteiger partial charge in [-0.25, -0.2) is 0 Å². The second kappa shape index (κ2) is 6.34. The van der Waals surface area contributed by atoms with Gasteiger partial charge in [-0.2, -0.15) is 0 Å². The number of methoxy groups -OCH3 is 2. The fraction of sp³-hybridized carbons (Fsp3) is 0.500. The average Bonchev–Trinajstić information content (AvgIpc) is 3.23. The van der Waals surface area contributed by atoms with Crippen molar-refractivity contribution in [1.29, 1.82) is 0 Å². The van der Waals surface area contributed by atoms with Gasteiger partial charge >= 0.3 is 11.9 Å². The van der Waals surface area contributed by atoms with Gasteiger partial charge in [0.05, 0.1) is 31.5 Å². The normalized spacial score (nSPS) is 27.7. The van der Waals surface area contributed by atoms with Crippen LogP contribution in [0.25, 0.3) is 0 Å². The van der Waals surface area contributed by atoms with Crippen LogP contribution in [-0.4, -0.2) is 26.2 Å². The molecule has 6 heteroatoms. The smallest absolute Gasteiger partial charge is 0.310 e. The Labute approximate surface area is 152 Å². The standard InChI is InChI=1S/C20H24O6/c1-10-7-8-14(25-10)20(4)13-9-11(2)26-17(13)12(3)15(18(21)23-5)16(20)19(22)24-6/h7-9,12,15-16H,1-6H3. The molecule has 0 N–H and O–H groups in total. The van der Waals surface area contributed by atoms with Crippen molar-refractivity contribution in [1.82, 2.24) is 0 Å². The Morgan fingerprint density at radius 1 is 1.04 bits per heavy atom. The first kappa shape index (κ1) is 18.3. The first-order valence-corrected chi connectivity index (χ1v) is 8.59. The van der Waals surface area contributed by atoms with Crippen molar-refractivity contribution in [2.75, 3.05) is 14.2 Å². The zero-order chi connectivity index (χ0) is 19.2. The van der Waals surface area contributed by atoms with E-state index in [2.05, 4.69) is 0 Å². The average molecular weight is 360 g/mol. The molecule has 0 aromatic carbocycles. The van der Waals surface area contributed by atoms with Crippen LogP contribution < -0.4 is 0 Å². The monoisotopic (exact) mass is 360 g/mol. The van der Waals surface area contributed by atoms with Crippen LogP contribution in [0.1, 0.15) is 48.4 Å². The molecule has 0 saturated carbocycles. The van der Waals surface area contributed by atoms with E-state index in [1.54, 1.807) is 0 Å². The van der Waals surface area contributed by atoms with Crippen LogP contribution in [0.5, 0.6) is 0 Å². The Hall–Kier alpha value is -2.50. The minimum Gasteiger partial charge on any atom is -0.469 e. The van der Waals surface area contributed by atoms with Crippen LogP contribution in [0.2, 0.25) is 0 Å². The molecular weight excluding hydrogens is 336 g/mol. The van der Waals surface area contributed by atoms with E-state index < -0.39 is 29.2 Å². The molecule has 0 radical (unpaired) electrons. The van der Waals surface area contributed by atoms with Crippen molar-refractivity contribution in [2.24, 2.45) is 11.8 Å². The summed E-state index contributed by atoms with van der Waals surface area (Å²) in [5.74, 6) is -0.131. The second-order valence-corrected chi connectivity index (χ2v) is 7.09. The molecule has 4 unspecified atom stereocenters. The van der Waals surface area contributed by atoms with Gasteiger partial charge in [-0.1, -0.05) is 6.92 Å². The van der Waals surface area contributed by atoms with Crippen molar-refractivity contribution >= 4 is 11.9 Å². The van der Waals surface area contributed by atoms with E-state index in [1.165, 1.54) is 14.2 Å². The Balaban J connectivity index is 2.34. The van der Waals surface area contributed by atoms with E-state index in [0.29, 0.717) is 17.3 Å². The maximum Gasteiger partial charge on any atom is 0.310 e. The number of aryl methyl sites for hydroxylation is 2. The van der Waals surface area contributed by atoms with Crippen molar-refractivity contribution in [3.63, 3.8) is 0 Å². The van der Waals surface area contributed by atoms with Gasteiger partial charge in [0.15, 0.2) is 0 Å². The number of esters is 2. The van der Waals surface area contributed by atoms with Gasteiger partial charge in [-0.15, -0.1) is 0 Å². The van der Waals surface area contributed by atoms with Gasteiger partial charge in [0, 0.05) is 11.5 Å². The maximum atomic E-state index is 12.9. The van der Waals surface area contributed by atoms with Crippen molar-refractivity contribution in [3.05, 3.63) is 46.8 Å². The molecule has 140 valence electrons. The lowest BCUT2D eigenvalue weighted by Crippen LogP contribution is -2.51. The topological polar surface area (TPSA) is 78.9 Å². The molecule has 26 heavy (non-hydrogen) atoms. The lowest BCUT2D eigenvalue weighted by Gasteiger charge is -2.43. The first-order valence-electron chi connectivity index (χ1n) is 8.59. The summed E-state index contributed by atoms with van der Waals surface area (Å²) in [5.41, 5.74) is -0.0767. The molecule has 1 aliphatic carbocycles. The molecular formula is C20H24O6. The molecule has 2 aromatic heterocycles. The summed E-state index contributed by atoms with van der Waals surface area (Å²) >= 11 is 0. The lowest BCUT2D eigenvalue weighted by molar-refractivity contribution is -0.162. The van der Waals surface area contributed by atoms with E-state index in [1.807, 2.05) is 45.9 Å². The molecule has 0 fully saturated rings. The molecule has 4 atom stereocenters. The zero-order valence-electron chi connectivity index (χ0n) is 15.9. The highest BCUT2D eigenvalue weighted by molar-refractivity contribution is 5.86. The predicted molar refractivity (Wildman–Crippen MR) is 92.8 cm³/mol. The number of fused-ring (bicyclic) bond motifs is 1. The zero-order valence-corrected chi connectivity index (χ0v) is 15.9.